The summed E-state index contributed by atoms with van der Waals surface area (Å²) in [5, 5.41) is 4.14. The Hall–Kier alpha value is -4.12. The molecule has 3 aromatic carbocycles. The Labute approximate surface area is 191 Å². The molecule has 2 aliphatic rings. The molecule has 0 saturated carbocycles. The maximum absolute atomic E-state index is 5.89. The van der Waals surface area contributed by atoms with Crippen molar-refractivity contribution in [3.8, 4) is 0 Å². The summed E-state index contributed by atoms with van der Waals surface area (Å²) in [4.78, 5) is 13.1. The molecule has 2 aliphatic heterocycles. The highest BCUT2D eigenvalue weighted by Gasteiger charge is 2.20. The van der Waals surface area contributed by atoms with E-state index in [1.807, 2.05) is 60.7 Å². The molecule has 0 radical (unpaired) electrons. The van der Waals surface area contributed by atoms with Gasteiger partial charge in [-0.1, -0.05) is 84.9 Å². The van der Waals surface area contributed by atoms with Gasteiger partial charge in [0, 0.05) is 22.9 Å². The summed E-state index contributed by atoms with van der Waals surface area (Å²) in [6, 6.07) is 28.8. The van der Waals surface area contributed by atoms with Crippen LogP contribution in [0.4, 0.5) is 0 Å². The molecule has 1 aromatic heterocycles. The van der Waals surface area contributed by atoms with E-state index >= 15 is 0 Å². The van der Waals surface area contributed by atoms with Crippen LogP contribution in [0.1, 0.15) is 23.2 Å². The van der Waals surface area contributed by atoms with Gasteiger partial charge in [0.2, 0.25) is 11.8 Å². The van der Waals surface area contributed by atoms with E-state index in [9.17, 15) is 0 Å². The summed E-state index contributed by atoms with van der Waals surface area (Å²) in [6.07, 6.45) is 3.96. The molecule has 0 spiro atoms. The van der Waals surface area contributed by atoms with Crippen LogP contribution in [-0.2, 0) is 9.47 Å². The lowest BCUT2D eigenvalue weighted by atomic mass is 10.1. The van der Waals surface area contributed by atoms with Crippen molar-refractivity contribution in [2.45, 2.75) is 12.1 Å². The van der Waals surface area contributed by atoms with Crippen LogP contribution in [-0.4, -0.2) is 30.0 Å². The van der Waals surface area contributed by atoms with Gasteiger partial charge in [0.15, 0.2) is 0 Å². The highest BCUT2D eigenvalue weighted by atomic mass is 16.5. The van der Waals surface area contributed by atoms with Gasteiger partial charge in [-0.2, -0.15) is 0 Å². The maximum Gasteiger partial charge on any atom is 0.211 e. The number of hydrogen-bond donors (Lipinski definition) is 1. The number of rotatable bonds is 4. The van der Waals surface area contributed by atoms with Crippen LogP contribution >= 0.6 is 0 Å². The smallest absolute Gasteiger partial charge is 0.211 e. The Kier molecular flexibility index (Phi) is 5.00. The number of nitrogens with zero attached hydrogens (tertiary/aromatic N) is 2. The van der Waals surface area contributed by atoms with E-state index in [1.165, 1.54) is 0 Å². The second-order valence-electron chi connectivity index (χ2n) is 8.20. The minimum Gasteiger partial charge on any atom is -0.475 e. The van der Waals surface area contributed by atoms with Gasteiger partial charge in [-0.15, -0.1) is 0 Å². The van der Waals surface area contributed by atoms with Gasteiger partial charge in [0.1, 0.15) is 25.3 Å². The third-order valence-corrected chi connectivity index (χ3v) is 6.03. The average Bonchev–Trinajstić information content (AvgIpc) is 3.61. The highest BCUT2D eigenvalue weighted by Crippen LogP contribution is 2.24. The summed E-state index contributed by atoms with van der Waals surface area (Å²) in [7, 11) is 0. The lowest BCUT2D eigenvalue weighted by Gasteiger charge is -2.03. The van der Waals surface area contributed by atoms with Crippen LogP contribution in [0.2, 0.25) is 0 Å². The number of fused-ring (bicyclic) bond motifs is 1. The van der Waals surface area contributed by atoms with Crippen molar-refractivity contribution in [1.29, 1.82) is 0 Å². The Morgan fingerprint density at radius 3 is 1.48 bits per heavy atom. The van der Waals surface area contributed by atoms with Crippen molar-refractivity contribution in [3.05, 3.63) is 107 Å². The lowest BCUT2D eigenvalue weighted by molar-refractivity contribution is 0.323. The fourth-order valence-electron chi connectivity index (χ4n) is 4.34. The Morgan fingerprint density at radius 2 is 1.03 bits per heavy atom. The van der Waals surface area contributed by atoms with Crippen molar-refractivity contribution in [3.63, 3.8) is 0 Å². The third-order valence-electron chi connectivity index (χ3n) is 6.03. The fraction of sp³-hybridized carbons (Fsp3) is 0.143. The molecule has 1 N–H and O–H groups in total. The second-order valence-corrected chi connectivity index (χ2v) is 8.20. The zero-order chi connectivity index (χ0) is 22.0. The van der Waals surface area contributed by atoms with E-state index in [1.54, 1.807) is 0 Å². The minimum absolute atomic E-state index is 0.0286. The molecule has 0 amide bonds. The average molecular weight is 434 g/mol. The number of hydrogen-bond acceptors (Lipinski definition) is 4. The number of aliphatic imine (C=N–C) groups is 2. The van der Waals surface area contributed by atoms with Crippen LogP contribution in [0.5, 0.6) is 0 Å². The van der Waals surface area contributed by atoms with Crippen molar-refractivity contribution >= 4 is 34.7 Å². The molecule has 162 valence electrons. The molecule has 2 atom stereocenters. The zero-order valence-electron chi connectivity index (χ0n) is 18.0. The first kappa shape index (κ1) is 19.6. The van der Waals surface area contributed by atoms with E-state index < -0.39 is 0 Å². The Bertz CT molecular complexity index is 1360. The van der Waals surface area contributed by atoms with Gasteiger partial charge in [0.05, 0.1) is 10.7 Å². The number of H-pyrrole nitrogens is 1. The van der Waals surface area contributed by atoms with Gasteiger partial charge in [-0.25, -0.2) is 9.98 Å². The fourth-order valence-corrected chi connectivity index (χ4v) is 4.34. The van der Waals surface area contributed by atoms with E-state index in [0.717, 1.165) is 32.6 Å². The van der Waals surface area contributed by atoms with Crippen LogP contribution in [0, 0.1) is 0 Å². The molecule has 5 nitrogen and oxygen atoms in total. The molecule has 0 saturated heterocycles. The van der Waals surface area contributed by atoms with Crippen molar-refractivity contribution in [2.75, 3.05) is 13.2 Å². The van der Waals surface area contributed by atoms with E-state index in [2.05, 4.69) is 41.4 Å². The topological polar surface area (TPSA) is 59.0 Å². The first-order chi connectivity index (χ1) is 16.3. The van der Waals surface area contributed by atoms with E-state index in [4.69, 9.17) is 19.5 Å². The van der Waals surface area contributed by atoms with Gasteiger partial charge >= 0.3 is 0 Å². The minimum atomic E-state index is 0.0286. The largest absolute Gasteiger partial charge is 0.475 e. The quantitative estimate of drug-likeness (QED) is 0.528. The third kappa shape index (κ3) is 3.94. The van der Waals surface area contributed by atoms with Gasteiger partial charge in [0.25, 0.3) is 0 Å². The first-order valence-electron chi connectivity index (χ1n) is 11.1. The number of benzene rings is 3. The van der Waals surface area contributed by atoms with Crippen molar-refractivity contribution < 1.29 is 9.47 Å². The molecule has 0 aliphatic carbocycles. The SMILES string of the molecule is C(/C1=N[C@H](c2ccccc2)CO1)=c1/[nH]/c(=C\C2=N[C@H](c3ccccc3)CO2)c2ccccc12. The summed E-state index contributed by atoms with van der Waals surface area (Å²) >= 11 is 0. The number of aromatic amines is 1. The van der Waals surface area contributed by atoms with Crippen LogP contribution in [0.15, 0.2) is 94.9 Å². The van der Waals surface area contributed by atoms with Crippen LogP contribution in [0.25, 0.3) is 22.9 Å². The molecule has 33 heavy (non-hydrogen) atoms. The molecule has 0 bridgehead atoms. The molecular formula is C28H23N3O2. The molecule has 4 aromatic rings. The monoisotopic (exact) mass is 433 g/mol. The zero-order valence-corrected chi connectivity index (χ0v) is 18.0. The molecule has 0 unspecified atom stereocenters. The molecule has 0 fully saturated rings. The van der Waals surface area contributed by atoms with Crippen LogP contribution in [0.3, 0.4) is 0 Å². The summed E-state index contributed by atoms with van der Waals surface area (Å²) in [6.45, 7) is 1.11. The van der Waals surface area contributed by atoms with Crippen LogP contribution < -0.4 is 10.7 Å². The lowest BCUT2D eigenvalue weighted by Crippen LogP contribution is -2.14. The standard InChI is InChI=1S/C28H23N3O2/c1-3-9-19(10-4-1)25-17-32-27(30-25)15-23-21-13-7-8-14-22(21)24(29-23)16-28-31-26(18-33-28)20-11-5-2-6-12-20/h1-16,25-26,29H,17-18H2/b23-15-,24-16-/t25-,26-/m0/s1. The first-order valence-corrected chi connectivity index (χ1v) is 11.1. The van der Waals surface area contributed by atoms with Crippen molar-refractivity contribution in [2.24, 2.45) is 9.98 Å². The molecular weight excluding hydrogens is 410 g/mol. The maximum atomic E-state index is 5.89. The number of aromatic nitrogens is 1. The van der Waals surface area contributed by atoms with Gasteiger partial charge in [-0.3, -0.25) is 0 Å². The van der Waals surface area contributed by atoms with Crippen molar-refractivity contribution in [1.82, 2.24) is 4.98 Å². The summed E-state index contributed by atoms with van der Waals surface area (Å²) in [5.74, 6) is 1.28. The molecule has 6 rings (SSSR count). The Morgan fingerprint density at radius 1 is 0.606 bits per heavy atom. The number of ether oxygens (including phenoxy) is 2. The summed E-state index contributed by atoms with van der Waals surface area (Å²) in [5.41, 5.74) is 2.33. The predicted molar refractivity (Wildman–Crippen MR) is 132 cm³/mol. The summed E-state index contributed by atoms with van der Waals surface area (Å²) < 4.78 is 11.8. The number of nitrogens with one attached hydrogen (secondary N) is 1. The van der Waals surface area contributed by atoms with E-state index in [-0.39, 0.29) is 12.1 Å². The second kappa shape index (κ2) is 8.43. The van der Waals surface area contributed by atoms with E-state index in [0.29, 0.717) is 25.0 Å². The predicted octanol–water partition coefficient (Wildman–Crippen LogP) is 4.07. The normalized spacial score (nSPS) is 21.1. The molecule has 5 heteroatoms. The highest BCUT2D eigenvalue weighted by molar-refractivity contribution is 6.09. The van der Waals surface area contributed by atoms with Gasteiger partial charge in [-0.05, 0) is 11.1 Å². The van der Waals surface area contributed by atoms with Gasteiger partial charge < -0.3 is 14.5 Å². The Balaban J connectivity index is 1.37. The molecule has 3 heterocycles.